The van der Waals surface area contributed by atoms with Gasteiger partial charge in [0.1, 0.15) is 0 Å². The van der Waals surface area contributed by atoms with E-state index in [4.69, 9.17) is 5.11 Å². The van der Waals surface area contributed by atoms with Crippen molar-refractivity contribution in [2.24, 2.45) is 11.3 Å². The van der Waals surface area contributed by atoms with Gasteiger partial charge in [-0.25, -0.2) is 0 Å². The maximum Gasteiger partial charge on any atom is 0.0482 e. The van der Waals surface area contributed by atoms with E-state index in [1.54, 1.807) is 0 Å². The predicted octanol–water partition coefficient (Wildman–Crippen LogP) is 1.59. The first-order valence-corrected chi connectivity index (χ1v) is 4.63. The lowest BCUT2D eigenvalue weighted by molar-refractivity contribution is 0.126. The predicted molar refractivity (Wildman–Crippen MR) is 53.2 cm³/mol. The van der Waals surface area contributed by atoms with E-state index >= 15 is 0 Å². The molecular weight excluding hydrogens is 150 g/mol. The monoisotopic (exact) mass is 173 g/mol. The van der Waals surface area contributed by atoms with Crippen molar-refractivity contribution >= 4 is 0 Å². The molecule has 0 radical (unpaired) electrons. The van der Waals surface area contributed by atoms with Gasteiger partial charge in [0.05, 0.1) is 0 Å². The molecule has 0 bridgehead atoms. The zero-order valence-electron chi connectivity index (χ0n) is 9.09. The van der Waals surface area contributed by atoms with Crippen molar-refractivity contribution < 1.29 is 5.11 Å². The smallest absolute Gasteiger partial charge is 0.0482 e. The Bertz CT molecular complexity index is 121. The average molecular weight is 173 g/mol. The molecule has 2 heteroatoms. The third-order valence-electron chi connectivity index (χ3n) is 2.01. The van der Waals surface area contributed by atoms with Crippen molar-refractivity contribution in [1.29, 1.82) is 0 Å². The summed E-state index contributed by atoms with van der Waals surface area (Å²) in [5, 5.41) is 9.06. The van der Waals surface area contributed by atoms with Crippen molar-refractivity contribution in [1.82, 2.24) is 4.90 Å². The third kappa shape index (κ3) is 5.56. The van der Waals surface area contributed by atoms with E-state index in [2.05, 4.69) is 39.8 Å². The van der Waals surface area contributed by atoms with Crippen LogP contribution in [0.25, 0.3) is 0 Å². The molecule has 0 amide bonds. The van der Waals surface area contributed by atoms with Crippen LogP contribution in [-0.4, -0.2) is 37.3 Å². The maximum atomic E-state index is 9.06. The second kappa shape index (κ2) is 4.83. The summed E-state index contributed by atoms with van der Waals surface area (Å²) in [5.74, 6) is 0.655. The first-order valence-electron chi connectivity index (χ1n) is 4.63. The van der Waals surface area contributed by atoms with E-state index in [9.17, 15) is 0 Å². The summed E-state index contributed by atoms with van der Waals surface area (Å²) in [6.45, 7) is 7.84. The molecular formula is C10H23NO. The summed E-state index contributed by atoms with van der Waals surface area (Å²) >= 11 is 0. The molecule has 0 aromatic rings. The molecule has 1 unspecified atom stereocenters. The van der Waals surface area contributed by atoms with E-state index in [1.807, 2.05) is 0 Å². The fraction of sp³-hybridized carbons (Fsp3) is 1.00. The largest absolute Gasteiger partial charge is 0.396 e. The van der Waals surface area contributed by atoms with Crippen LogP contribution in [0.2, 0.25) is 0 Å². The van der Waals surface area contributed by atoms with Gasteiger partial charge >= 0.3 is 0 Å². The normalized spacial score (nSPS) is 15.2. The first-order chi connectivity index (χ1) is 5.37. The van der Waals surface area contributed by atoms with Gasteiger partial charge in [0.15, 0.2) is 0 Å². The molecule has 1 atom stereocenters. The quantitative estimate of drug-likeness (QED) is 0.682. The minimum absolute atomic E-state index is 0.0788. The Labute approximate surface area is 76.6 Å². The van der Waals surface area contributed by atoms with Crippen LogP contribution in [0.15, 0.2) is 0 Å². The molecule has 0 saturated heterocycles. The second-order valence-corrected chi connectivity index (χ2v) is 4.89. The molecule has 0 spiro atoms. The van der Waals surface area contributed by atoms with Crippen LogP contribution in [0, 0.1) is 11.3 Å². The summed E-state index contributed by atoms with van der Waals surface area (Å²) in [6, 6.07) is 0. The molecule has 0 fully saturated rings. The van der Waals surface area contributed by atoms with Crippen LogP contribution in [-0.2, 0) is 0 Å². The fourth-order valence-electron chi connectivity index (χ4n) is 1.70. The highest BCUT2D eigenvalue weighted by atomic mass is 16.3. The van der Waals surface area contributed by atoms with Gasteiger partial charge in [0.2, 0.25) is 0 Å². The van der Waals surface area contributed by atoms with Crippen LogP contribution in [0.1, 0.15) is 27.2 Å². The van der Waals surface area contributed by atoms with Crippen LogP contribution in [0.4, 0.5) is 0 Å². The van der Waals surface area contributed by atoms with E-state index in [1.165, 1.54) is 0 Å². The Kier molecular flexibility index (Phi) is 4.80. The van der Waals surface area contributed by atoms with Gasteiger partial charge in [-0.2, -0.15) is 0 Å². The Morgan fingerprint density at radius 3 is 2.17 bits per heavy atom. The topological polar surface area (TPSA) is 23.5 Å². The third-order valence-corrected chi connectivity index (χ3v) is 2.01. The number of aliphatic hydroxyl groups is 1. The number of hydrogen-bond donors (Lipinski definition) is 1. The summed E-state index contributed by atoms with van der Waals surface area (Å²) in [4.78, 5) is 2.19. The minimum atomic E-state index is 0.0788. The Morgan fingerprint density at radius 2 is 1.83 bits per heavy atom. The molecule has 74 valence electrons. The van der Waals surface area contributed by atoms with Crippen molar-refractivity contribution in [3.05, 3.63) is 0 Å². The van der Waals surface area contributed by atoms with Gasteiger partial charge in [0.25, 0.3) is 0 Å². The van der Waals surface area contributed by atoms with Crippen LogP contribution in [0.5, 0.6) is 0 Å². The zero-order chi connectivity index (χ0) is 9.78. The van der Waals surface area contributed by atoms with Crippen molar-refractivity contribution in [3.8, 4) is 0 Å². The summed E-state index contributed by atoms with van der Waals surface area (Å²) in [7, 11) is 4.17. The second-order valence-electron chi connectivity index (χ2n) is 4.89. The highest BCUT2D eigenvalue weighted by Gasteiger charge is 2.19. The van der Waals surface area contributed by atoms with E-state index in [0.29, 0.717) is 5.92 Å². The molecule has 0 aromatic heterocycles. The molecule has 0 rings (SSSR count). The van der Waals surface area contributed by atoms with Crippen molar-refractivity contribution in [2.45, 2.75) is 27.2 Å². The van der Waals surface area contributed by atoms with Gasteiger partial charge in [0, 0.05) is 13.2 Å². The van der Waals surface area contributed by atoms with E-state index in [-0.39, 0.29) is 12.0 Å². The summed E-state index contributed by atoms with van der Waals surface area (Å²) in [6.07, 6.45) is 1.08. The van der Waals surface area contributed by atoms with Gasteiger partial charge in [-0.05, 0) is 31.8 Å². The maximum absolute atomic E-state index is 9.06. The molecule has 2 nitrogen and oxygen atoms in total. The first kappa shape index (κ1) is 11.9. The molecule has 0 aliphatic rings. The molecule has 0 saturated carbocycles. The van der Waals surface area contributed by atoms with Crippen LogP contribution in [0.3, 0.4) is 0 Å². The van der Waals surface area contributed by atoms with Gasteiger partial charge in [-0.15, -0.1) is 0 Å². The Morgan fingerprint density at radius 1 is 1.33 bits per heavy atom. The number of aliphatic hydroxyl groups excluding tert-OH is 1. The average Bonchev–Trinajstić information content (AvgIpc) is 1.84. The minimum Gasteiger partial charge on any atom is -0.396 e. The van der Waals surface area contributed by atoms with Gasteiger partial charge < -0.3 is 10.0 Å². The lowest BCUT2D eigenvalue weighted by atomic mass is 9.84. The van der Waals surface area contributed by atoms with E-state index in [0.717, 1.165) is 13.0 Å². The standard InChI is InChI=1S/C10H23NO/c1-9(7-11(4)5)6-10(2,3)8-12/h9,12H,6-8H2,1-5H3. The number of hydrogen-bond acceptors (Lipinski definition) is 2. The highest BCUT2D eigenvalue weighted by molar-refractivity contribution is 4.71. The molecule has 12 heavy (non-hydrogen) atoms. The van der Waals surface area contributed by atoms with Crippen LogP contribution >= 0.6 is 0 Å². The van der Waals surface area contributed by atoms with Crippen LogP contribution < -0.4 is 0 Å². The summed E-state index contributed by atoms with van der Waals surface area (Å²) in [5.41, 5.74) is 0.0788. The lowest BCUT2D eigenvalue weighted by Crippen LogP contribution is -2.26. The Balaban J connectivity index is 3.75. The van der Waals surface area contributed by atoms with E-state index < -0.39 is 0 Å². The number of nitrogens with zero attached hydrogens (tertiary/aromatic N) is 1. The molecule has 0 aliphatic carbocycles. The fourth-order valence-corrected chi connectivity index (χ4v) is 1.70. The zero-order valence-corrected chi connectivity index (χ0v) is 9.09. The van der Waals surface area contributed by atoms with Gasteiger partial charge in [-0.1, -0.05) is 20.8 Å². The van der Waals surface area contributed by atoms with Crippen molar-refractivity contribution in [2.75, 3.05) is 27.2 Å². The van der Waals surface area contributed by atoms with Gasteiger partial charge in [-0.3, -0.25) is 0 Å². The SMILES string of the molecule is CC(CN(C)C)CC(C)(C)CO. The molecule has 0 aliphatic heterocycles. The lowest BCUT2D eigenvalue weighted by Gasteiger charge is -2.27. The molecule has 0 heterocycles. The van der Waals surface area contributed by atoms with Crippen molar-refractivity contribution in [3.63, 3.8) is 0 Å². The highest BCUT2D eigenvalue weighted by Crippen LogP contribution is 2.24. The number of rotatable bonds is 5. The Hall–Kier alpha value is -0.0800. The summed E-state index contributed by atoms with van der Waals surface area (Å²) < 4.78 is 0. The molecule has 0 aromatic carbocycles. The molecule has 1 N–H and O–H groups in total.